The molecule has 7 nitrogen and oxygen atoms in total. The van der Waals surface area contributed by atoms with E-state index in [-0.39, 0.29) is 23.9 Å². The van der Waals surface area contributed by atoms with Gasteiger partial charge in [0.05, 0.1) is 5.54 Å². The van der Waals surface area contributed by atoms with E-state index in [1.54, 1.807) is 0 Å². The minimum atomic E-state index is -4.11. The summed E-state index contributed by atoms with van der Waals surface area (Å²) >= 11 is 0. The highest BCUT2D eigenvalue weighted by atomic mass is 35.5. The zero-order chi connectivity index (χ0) is 15.3. The molecule has 2 aromatic rings. The van der Waals surface area contributed by atoms with Crippen LogP contribution in [-0.2, 0) is 15.6 Å². The third-order valence-electron chi connectivity index (χ3n) is 3.60. The van der Waals surface area contributed by atoms with Gasteiger partial charge in [0.1, 0.15) is 10.7 Å². The molecule has 3 rings (SSSR count). The van der Waals surface area contributed by atoms with Crippen LogP contribution in [0.15, 0.2) is 27.6 Å². The zero-order valence-electron chi connectivity index (χ0n) is 11.3. The van der Waals surface area contributed by atoms with Crippen LogP contribution in [-0.4, -0.2) is 18.6 Å². The van der Waals surface area contributed by atoms with Gasteiger partial charge in [-0.15, -0.1) is 12.4 Å². The average Bonchev–Trinajstić information content (AvgIpc) is 2.84. The molecule has 0 amide bonds. The molecule has 22 heavy (non-hydrogen) atoms. The Morgan fingerprint density at radius 3 is 2.50 bits per heavy atom. The molecular formula is C12H14ClFN4O3S. The number of halogens is 2. The van der Waals surface area contributed by atoms with E-state index < -0.39 is 26.3 Å². The number of nitrogens with zero attached hydrogens (tertiary/aromatic N) is 2. The first-order valence-electron chi connectivity index (χ1n) is 6.25. The van der Waals surface area contributed by atoms with Crippen molar-refractivity contribution in [2.75, 3.05) is 0 Å². The third-order valence-corrected chi connectivity index (χ3v) is 4.55. The fourth-order valence-electron chi connectivity index (χ4n) is 2.19. The van der Waals surface area contributed by atoms with Crippen molar-refractivity contribution in [1.82, 2.24) is 10.1 Å². The Morgan fingerprint density at radius 2 is 2.00 bits per heavy atom. The lowest BCUT2D eigenvalue weighted by Gasteiger charge is -2.34. The number of rotatable bonds is 3. The number of benzene rings is 1. The van der Waals surface area contributed by atoms with Crippen LogP contribution in [0.25, 0.3) is 11.5 Å². The maximum atomic E-state index is 13.8. The lowest BCUT2D eigenvalue weighted by Crippen LogP contribution is -2.44. The molecule has 10 heteroatoms. The molecule has 0 atom stereocenters. The number of nitrogens with two attached hydrogens (primary N) is 2. The van der Waals surface area contributed by atoms with Gasteiger partial charge in [0, 0.05) is 5.56 Å². The van der Waals surface area contributed by atoms with Crippen LogP contribution < -0.4 is 10.9 Å². The SMILES string of the molecule is Cl.NC1(c2noc(-c3ccc(S(N)(=O)=O)c(F)c3)n2)CCC1. The van der Waals surface area contributed by atoms with Gasteiger partial charge in [-0.2, -0.15) is 4.98 Å². The molecule has 4 N–H and O–H groups in total. The Morgan fingerprint density at radius 1 is 1.32 bits per heavy atom. The van der Waals surface area contributed by atoms with Crippen molar-refractivity contribution in [1.29, 1.82) is 0 Å². The molecule has 0 unspecified atom stereocenters. The summed E-state index contributed by atoms with van der Waals surface area (Å²) in [7, 11) is -4.11. The van der Waals surface area contributed by atoms with Crippen LogP contribution in [0.5, 0.6) is 0 Å². The fraction of sp³-hybridized carbons (Fsp3) is 0.333. The molecule has 0 radical (unpaired) electrons. The summed E-state index contributed by atoms with van der Waals surface area (Å²) in [4.78, 5) is 3.57. The fourth-order valence-corrected chi connectivity index (χ4v) is 2.78. The van der Waals surface area contributed by atoms with Crippen LogP contribution in [0.3, 0.4) is 0 Å². The zero-order valence-corrected chi connectivity index (χ0v) is 13.0. The summed E-state index contributed by atoms with van der Waals surface area (Å²) in [5, 5.41) is 8.71. The smallest absolute Gasteiger partial charge is 0.258 e. The van der Waals surface area contributed by atoms with Gasteiger partial charge in [-0.05, 0) is 37.5 Å². The van der Waals surface area contributed by atoms with Crippen LogP contribution in [0.2, 0.25) is 0 Å². The van der Waals surface area contributed by atoms with E-state index in [1.807, 2.05) is 0 Å². The largest absolute Gasteiger partial charge is 0.334 e. The minimum absolute atomic E-state index is 0. The normalized spacial score (nSPS) is 16.7. The predicted octanol–water partition coefficient (Wildman–Crippen LogP) is 1.28. The van der Waals surface area contributed by atoms with E-state index in [0.717, 1.165) is 31.4 Å². The maximum absolute atomic E-state index is 13.8. The number of hydrogen-bond acceptors (Lipinski definition) is 6. The molecule has 1 fully saturated rings. The molecule has 0 spiro atoms. The molecule has 0 bridgehead atoms. The first-order chi connectivity index (χ1) is 9.79. The van der Waals surface area contributed by atoms with E-state index in [0.29, 0.717) is 5.82 Å². The van der Waals surface area contributed by atoms with Crippen molar-refractivity contribution in [3.05, 3.63) is 29.8 Å². The van der Waals surface area contributed by atoms with Gasteiger partial charge < -0.3 is 10.3 Å². The van der Waals surface area contributed by atoms with Crippen LogP contribution in [0.1, 0.15) is 25.1 Å². The minimum Gasteiger partial charge on any atom is -0.334 e. The van der Waals surface area contributed by atoms with Crippen molar-refractivity contribution in [2.24, 2.45) is 10.9 Å². The van der Waals surface area contributed by atoms with Gasteiger partial charge in [-0.3, -0.25) is 0 Å². The van der Waals surface area contributed by atoms with Crippen molar-refractivity contribution >= 4 is 22.4 Å². The van der Waals surface area contributed by atoms with Crippen molar-refractivity contribution < 1.29 is 17.3 Å². The summed E-state index contributed by atoms with van der Waals surface area (Å²) in [6.07, 6.45) is 2.54. The number of primary sulfonamides is 1. The molecule has 0 aliphatic heterocycles. The highest BCUT2D eigenvalue weighted by molar-refractivity contribution is 7.89. The van der Waals surface area contributed by atoms with Gasteiger partial charge in [-0.1, -0.05) is 5.16 Å². The molecule has 1 aliphatic carbocycles. The molecular weight excluding hydrogens is 335 g/mol. The first kappa shape index (κ1) is 16.8. The molecule has 1 aromatic heterocycles. The Bertz CT molecular complexity index is 804. The highest BCUT2D eigenvalue weighted by Crippen LogP contribution is 2.37. The standard InChI is InChI=1S/C12H13FN4O3S.ClH/c13-8-6-7(2-3-9(8)21(15,18)19)10-16-11(17-20-10)12(14)4-1-5-12;/h2-3,6H,1,4-5,14H2,(H2,15,18,19);1H. The second-order valence-corrected chi connectivity index (χ2v) is 6.65. The van der Waals surface area contributed by atoms with Gasteiger partial charge in [0.2, 0.25) is 10.0 Å². The van der Waals surface area contributed by atoms with Gasteiger partial charge in [0.15, 0.2) is 5.82 Å². The topological polar surface area (TPSA) is 125 Å². The Hall–Kier alpha value is -1.55. The quantitative estimate of drug-likeness (QED) is 0.860. The van der Waals surface area contributed by atoms with E-state index >= 15 is 0 Å². The summed E-state index contributed by atoms with van der Waals surface area (Å²) < 4.78 is 41.1. The molecule has 1 aliphatic rings. The Kier molecular flexibility index (Phi) is 4.26. The van der Waals surface area contributed by atoms with Crippen molar-refractivity contribution in [3.63, 3.8) is 0 Å². The van der Waals surface area contributed by atoms with Crippen molar-refractivity contribution in [3.8, 4) is 11.5 Å². The van der Waals surface area contributed by atoms with Gasteiger partial charge >= 0.3 is 0 Å². The lowest BCUT2D eigenvalue weighted by atomic mass is 9.77. The monoisotopic (exact) mass is 348 g/mol. The molecule has 1 aromatic carbocycles. The highest BCUT2D eigenvalue weighted by Gasteiger charge is 2.39. The Balaban J connectivity index is 0.00000176. The van der Waals surface area contributed by atoms with Gasteiger partial charge in [-0.25, -0.2) is 17.9 Å². The molecule has 1 saturated carbocycles. The molecule has 120 valence electrons. The third kappa shape index (κ3) is 2.84. The number of sulfonamides is 1. The summed E-state index contributed by atoms with van der Waals surface area (Å²) in [6, 6.07) is 3.40. The average molecular weight is 349 g/mol. The van der Waals surface area contributed by atoms with E-state index in [4.69, 9.17) is 15.4 Å². The summed E-state index contributed by atoms with van der Waals surface area (Å²) in [6.45, 7) is 0. The summed E-state index contributed by atoms with van der Waals surface area (Å²) in [5.74, 6) is -0.512. The molecule has 1 heterocycles. The van der Waals surface area contributed by atoms with Crippen molar-refractivity contribution in [2.45, 2.75) is 29.7 Å². The van der Waals surface area contributed by atoms with E-state index in [9.17, 15) is 12.8 Å². The van der Waals surface area contributed by atoms with E-state index in [2.05, 4.69) is 10.1 Å². The molecule has 0 saturated heterocycles. The van der Waals surface area contributed by atoms with Crippen LogP contribution >= 0.6 is 12.4 Å². The maximum Gasteiger partial charge on any atom is 0.258 e. The predicted molar refractivity (Wildman–Crippen MR) is 78.0 cm³/mol. The lowest BCUT2D eigenvalue weighted by molar-refractivity contribution is 0.229. The van der Waals surface area contributed by atoms with Crippen LogP contribution in [0, 0.1) is 5.82 Å². The van der Waals surface area contributed by atoms with Crippen LogP contribution in [0.4, 0.5) is 4.39 Å². The Labute approximate surface area is 132 Å². The second-order valence-electron chi connectivity index (χ2n) is 5.12. The van der Waals surface area contributed by atoms with E-state index in [1.165, 1.54) is 6.07 Å². The first-order valence-corrected chi connectivity index (χ1v) is 7.80. The summed E-state index contributed by atoms with van der Waals surface area (Å²) in [5.41, 5.74) is 5.75. The van der Waals surface area contributed by atoms with Gasteiger partial charge in [0.25, 0.3) is 5.89 Å². The number of aromatic nitrogens is 2. The second kappa shape index (κ2) is 5.58. The number of hydrogen-bond donors (Lipinski definition) is 2.